The molecule has 0 aromatic rings. The maximum absolute atomic E-state index is 0. The summed E-state index contributed by atoms with van der Waals surface area (Å²) < 4.78 is 0. The molecule has 0 N–H and O–H groups in total. The van der Waals surface area contributed by atoms with Gasteiger partial charge in [-0.15, -0.1) is 0 Å². The third-order valence-corrected chi connectivity index (χ3v) is 0. The summed E-state index contributed by atoms with van der Waals surface area (Å²) in [5, 5.41) is 0. The Morgan fingerprint density at radius 2 is 0.333 bits per heavy atom. The summed E-state index contributed by atoms with van der Waals surface area (Å²) in [5.74, 6) is 0. The Bertz CT molecular complexity index is 13.8. The van der Waals surface area contributed by atoms with Gasteiger partial charge in [-0.05, 0) is 0 Å². The Kier molecular flexibility index (Phi) is 506. The molecular weight excluding hydrogens is 350 g/mol. The van der Waals surface area contributed by atoms with Crippen LogP contribution in [-0.4, -0.2) is 0 Å². The van der Waals surface area contributed by atoms with Gasteiger partial charge in [0, 0.05) is 0 Å². The molecule has 38 valence electrons. The standard InChI is InChI=1S/2K.4S.3Ti/q2*+1;4*-2;3*+2. The molecule has 0 saturated heterocycles. The molecule has 0 heterocycles. The van der Waals surface area contributed by atoms with Gasteiger partial charge in [0.1, 0.15) is 0 Å². The first-order valence-corrected chi connectivity index (χ1v) is 0. The molecule has 0 bridgehead atoms. The molecule has 0 spiro atoms. The average molecular weight is 350 g/mol. The van der Waals surface area contributed by atoms with Gasteiger partial charge in [0.25, 0.3) is 0 Å². The van der Waals surface area contributed by atoms with Crippen molar-refractivity contribution in [2.24, 2.45) is 0 Å². The zero-order chi connectivity index (χ0) is 0. The van der Waals surface area contributed by atoms with Gasteiger partial charge in [-0.25, -0.2) is 0 Å². The van der Waals surface area contributed by atoms with Crippen molar-refractivity contribution in [3.8, 4) is 0 Å². The topological polar surface area (TPSA) is 0 Å². The fourth-order valence-electron chi connectivity index (χ4n) is 0. The van der Waals surface area contributed by atoms with E-state index in [0.29, 0.717) is 0 Å². The van der Waals surface area contributed by atoms with Crippen LogP contribution < -0.4 is 103 Å². The van der Waals surface area contributed by atoms with Crippen LogP contribution in [0.1, 0.15) is 0 Å². The van der Waals surface area contributed by atoms with E-state index in [2.05, 4.69) is 0 Å². The van der Waals surface area contributed by atoms with Gasteiger partial charge in [0.15, 0.2) is 0 Å². The Balaban J connectivity index is 0. The monoisotopic (exact) mass is 350 g/mol. The molecule has 0 atom stereocenters. The quantitative estimate of drug-likeness (QED) is 0.382. The molecule has 0 aliphatic heterocycles. The van der Waals surface area contributed by atoms with E-state index in [4.69, 9.17) is 0 Å². The normalized spacial score (nSPS) is 0. The van der Waals surface area contributed by atoms with Gasteiger partial charge >= 0.3 is 168 Å². The third-order valence-electron chi connectivity index (χ3n) is 0. The third kappa shape index (κ3) is 52.4. The van der Waals surface area contributed by atoms with Crippen molar-refractivity contribution < 1.29 is 168 Å². The van der Waals surface area contributed by atoms with Crippen LogP contribution in [-0.2, 0) is 119 Å². The van der Waals surface area contributed by atoms with Gasteiger partial charge in [-0.1, -0.05) is 0 Å². The Morgan fingerprint density at radius 1 is 0.333 bits per heavy atom. The van der Waals surface area contributed by atoms with Crippen LogP contribution in [0.2, 0.25) is 0 Å². The molecule has 0 aromatic carbocycles. The van der Waals surface area contributed by atoms with Gasteiger partial charge in [-0.2, -0.15) is 0 Å². The van der Waals surface area contributed by atoms with Crippen LogP contribution in [0.25, 0.3) is 0 Å². The minimum absolute atomic E-state index is 0. The molecule has 9 heteroatoms. The van der Waals surface area contributed by atoms with E-state index in [1.54, 1.807) is 0 Å². The summed E-state index contributed by atoms with van der Waals surface area (Å²) >= 11 is 0. The smallest absolute Gasteiger partial charge is 2.00 e. The molecule has 0 radical (unpaired) electrons. The molecular formula is K2S4Ti3. The van der Waals surface area contributed by atoms with E-state index in [-0.39, 0.29) is 222 Å². The Hall–Kier alpha value is 6.82. The maximum atomic E-state index is 0. The molecule has 0 aliphatic rings. The van der Waals surface area contributed by atoms with Crippen molar-refractivity contribution in [2.45, 2.75) is 0 Å². The maximum Gasteiger partial charge on any atom is 2.00 e. The molecule has 0 rings (SSSR count). The first kappa shape index (κ1) is 74.7. The zero-order valence-corrected chi connectivity index (χ0v) is 19.3. The molecule has 0 saturated carbocycles. The number of hydrogen-bond donors (Lipinski definition) is 0. The summed E-state index contributed by atoms with van der Waals surface area (Å²) in [7, 11) is 0. The van der Waals surface area contributed by atoms with E-state index in [1.807, 2.05) is 0 Å². The van der Waals surface area contributed by atoms with Gasteiger partial charge in [0.2, 0.25) is 0 Å². The van der Waals surface area contributed by atoms with Crippen molar-refractivity contribution in [3.05, 3.63) is 0 Å². The fraction of sp³-hybridized carbons (Fsp3) is 0. The zero-order valence-electron chi connectivity index (χ0n) is 5.13. The molecule has 0 fully saturated rings. The largest absolute Gasteiger partial charge is 2.00 e. The average Bonchev–Trinajstić information content (AvgIpc) is 0. The number of hydrogen-bond acceptors (Lipinski definition) is 0. The molecule has 0 aliphatic carbocycles. The predicted octanol–water partition coefficient (Wildman–Crippen LogP) is -6.01. The predicted molar refractivity (Wildman–Crippen MR) is 29.5 cm³/mol. The molecule has 9 heavy (non-hydrogen) atoms. The minimum Gasteiger partial charge on any atom is -2.00 e. The summed E-state index contributed by atoms with van der Waals surface area (Å²) in [6, 6.07) is 0. The fourth-order valence-corrected chi connectivity index (χ4v) is 0. The molecule has 0 nitrogen and oxygen atoms in total. The van der Waals surface area contributed by atoms with Crippen LogP contribution in [0.15, 0.2) is 0 Å². The van der Waals surface area contributed by atoms with Crippen molar-refractivity contribution in [2.75, 3.05) is 0 Å². The van der Waals surface area contributed by atoms with E-state index in [1.165, 1.54) is 0 Å². The SMILES string of the molecule is [K+].[K+].[S-2].[S-2].[S-2].[S-2].[Ti+2].[Ti+2].[Ti+2]. The molecule has 0 amide bonds. The van der Waals surface area contributed by atoms with Crippen molar-refractivity contribution in [3.63, 3.8) is 0 Å². The second-order valence-corrected chi connectivity index (χ2v) is 0. The van der Waals surface area contributed by atoms with Crippen LogP contribution in [0, 0.1) is 0 Å². The summed E-state index contributed by atoms with van der Waals surface area (Å²) in [4.78, 5) is 0. The Morgan fingerprint density at radius 3 is 0.333 bits per heavy atom. The van der Waals surface area contributed by atoms with Crippen molar-refractivity contribution in [1.29, 1.82) is 0 Å². The van der Waals surface area contributed by atoms with Crippen LogP contribution >= 0.6 is 0 Å². The molecule has 0 unspecified atom stereocenters. The number of rotatable bonds is 0. The van der Waals surface area contributed by atoms with Gasteiger partial charge < -0.3 is 54.0 Å². The van der Waals surface area contributed by atoms with Gasteiger partial charge in [-0.3, -0.25) is 0 Å². The van der Waals surface area contributed by atoms with Crippen molar-refractivity contribution in [1.82, 2.24) is 0 Å². The van der Waals surface area contributed by atoms with E-state index in [9.17, 15) is 0 Å². The van der Waals surface area contributed by atoms with Crippen molar-refractivity contribution >= 4 is 54.0 Å². The van der Waals surface area contributed by atoms with Crippen LogP contribution in [0.3, 0.4) is 0 Å². The van der Waals surface area contributed by atoms with Crippen LogP contribution in [0.4, 0.5) is 0 Å². The van der Waals surface area contributed by atoms with Crippen LogP contribution in [0.5, 0.6) is 0 Å². The van der Waals surface area contributed by atoms with E-state index < -0.39 is 0 Å². The Labute approximate surface area is 215 Å². The second kappa shape index (κ2) is 60.9. The first-order valence-electron chi connectivity index (χ1n) is 0. The first-order chi connectivity index (χ1) is 0. The van der Waals surface area contributed by atoms with E-state index in [0.717, 1.165) is 0 Å². The van der Waals surface area contributed by atoms with E-state index >= 15 is 0 Å². The molecule has 0 aromatic heterocycles. The summed E-state index contributed by atoms with van der Waals surface area (Å²) in [6.07, 6.45) is 0. The summed E-state index contributed by atoms with van der Waals surface area (Å²) in [6.45, 7) is 0. The van der Waals surface area contributed by atoms with Gasteiger partial charge in [0.05, 0.1) is 0 Å². The summed E-state index contributed by atoms with van der Waals surface area (Å²) in [5.41, 5.74) is 0. The minimum atomic E-state index is 0. The second-order valence-electron chi connectivity index (χ2n) is 0.